The van der Waals surface area contributed by atoms with Crippen LogP contribution in [0.1, 0.15) is 0 Å². The largest absolute Gasteiger partial charge is 3.00 e. The van der Waals surface area contributed by atoms with Crippen molar-refractivity contribution in [3.05, 3.63) is 0 Å². The average Bonchev–Trinajstić information content (AvgIpc) is 0.722. The van der Waals surface area contributed by atoms with Crippen molar-refractivity contribution < 1.29 is 37.0 Å². The Hall–Kier alpha value is 1.36. The summed E-state index contributed by atoms with van der Waals surface area (Å²) >= 11 is 0. The Bertz CT molecular complexity index is 94.9. The van der Waals surface area contributed by atoms with Gasteiger partial charge in [0.2, 0.25) is 0 Å². The maximum atomic E-state index is 8.52. The number of rotatable bonds is 0. The van der Waals surface area contributed by atoms with Gasteiger partial charge in [-0.05, 0) is 0 Å². The molecule has 0 aromatic heterocycles. The van der Waals surface area contributed by atoms with Gasteiger partial charge in [0.25, 0.3) is 0 Å². The summed E-state index contributed by atoms with van der Waals surface area (Å²) in [6.07, 6.45) is 0. The molecule has 0 saturated heterocycles. The summed E-state index contributed by atoms with van der Waals surface area (Å²) in [6, 6.07) is 0. The Morgan fingerprint density at radius 1 is 1.14 bits per heavy atom. The zero-order valence-electron chi connectivity index (χ0n) is 3.33. The second-order valence-corrected chi connectivity index (χ2v) is 1.22. The van der Waals surface area contributed by atoms with Crippen molar-refractivity contribution in [3.63, 3.8) is 0 Å². The van der Waals surface area contributed by atoms with Gasteiger partial charge in [-0.1, -0.05) is 0 Å². The van der Waals surface area contributed by atoms with Crippen LogP contribution in [0.5, 0.6) is 0 Å². The molecule has 0 atom stereocenters. The molecule has 7 heteroatoms. The standard InChI is InChI=1S/In.H2O4S.Zn/c;1-5(2,3)4;/h;(H2,1,2,3,4);/q+3;;+2/p-2. The van der Waals surface area contributed by atoms with E-state index in [2.05, 4.69) is 0 Å². The van der Waals surface area contributed by atoms with Crippen LogP contribution in [0, 0.1) is 0 Å². The molecule has 0 aliphatic heterocycles. The van der Waals surface area contributed by atoms with Gasteiger partial charge in [0.1, 0.15) is 0 Å². The molecule has 0 unspecified atom stereocenters. The first kappa shape index (κ1) is 15.8. The molecule has 0 fully saturated rings. The summed E-state index contributed by atoms with van der Waals surface area (Å²) in [4.78, 5) is 0. The van der Waals surface area contributed by atoms with Gasteiger partial charge in [0, 0.05) is 10.4 Å². The Balaban J connectivity index is -0.0000000800. The molecular weight excluding hydrogens is 276 g/mol. The first-order valence-corrected chi connectivity index (χ1v) is 2.00. The van der Waals surface area contributed by atoms with E-state index in [1.165, 1.54) is 0 Å². The van der Waals surface area contributed by atoms with E-state index in [9.17, 15) is 0 Å². The van der Waals surface area contributed by atoms with E-state index >= 15 is 0 Å². The van der Waals surface area contributed by atoms with Gasteiger partial charge >= 0.3 is 45.3 Å². The zero-order valence-corrected chi connectivity index (χ0v) is 10.4. The minimum absolute atomic E-state index is 0. The van der Waals surface area contributed by atoms with E-state index in [0.717, 1.165) is 0 Å². The predicted octanol–water partition coefficient (Wildman–Crippen LogP) is -1.72. The molecule has 0 N–H and O–H groups in total. The molecule has 0 aromatic carbocycles. The van der Waals surface area contributed by atoms with Crippen molar-refractivity contribution in [2.24, 2.45) is 0 Å². The fourth-order valence-electron chi connectivity index (χ4n) is 0. The van der Waals surface area contributed by atoms with Crippen LogP contribution in [0.2, 0.25) is 0 Å². The normalized spacial score (nSPS) is 8.29. The van der Waals surface area contributed by atoms with Crippen LogP contribution in [0.15, 0.2) is 0 Å². The summed E-state index contributed by atoms with van der Waals surface area (Å²) in [7, 11) is -5.17. The average molecular weight is 276 g/mol. The van der Waals surface area contributed by atoms with Gasteiger partial charge in [-0.3, -0.25) is 8.42 Å². The molecular formula is InO4SZn+3. The van der Waals surface area contributed by atoms with Crippen LogP contribution in [0.3, 0.4) is 0 Å². The molecule has 0 spiro atoms. The van der Waals surface area contributed by atoms with Crippen LogP contribution in [0.4, 0.5) is 0 Å². The zero-order chi connectivity index (χ0) is 4.50. The van der Waals surface area contributed by atoms with Crippen LogP contribution >= 0.6 is 0 Å². The first-order valence-electron chi connectivity index (χ1n) is 0.667. The minimum atomic E-state index is -5.17. The molecule has 0 saturated carbocycles. The molecule has 32 valence electrons. The SMILES string of the molecule is O=S(=O)([O-])[O-].[In+3].[Zn+2]. The Morgan fingerprint density at radius 2 is 1.14 bits per heavy atom. The van der Waals surface area contributed by atoms with E-state index in [0.29, 0.717) is 0 Å². The quantitative estimate of drug-likeness (QED) is 0.299. The molecule has 0 aliphatic carbocycles. The molecule has 0 radical (unpaired) electrons. The summed E-state index contributed by atoms with van der Waals surface area (Å²) < 4.78 is 34.1. The molecule has 7 heavy (non-hydrogen) atoms. The molecule has 4 nitrogen and oxygen atoms in total. The van der Waals surface area contributed by atoms with Crippen LogP contribution in [-0.2, 0) is 29.9 Å². The maximum Gasteiger partial charge on any atom is 3.00 e. The minimum Gasteiger partial charge on any atom is -0.759 e. The Morgan fingerprint density at radius 3 is 1.14 bits per heavy atom. The van der Waals surface area contributed by atoms with Crippen molar-refractivity contribution in [1.82, 2.24) is 0 Å². The van der Waals surface area contributed by atoms with Gasteiger partial charge in [-0.15, -0.1) is 0 Å². The second kappa shape index (κ2) is 5.50. The monoisotopic (exact) mass is 275 g/mol. The smallest absolute Gasteiger partial charge is 0.759 e. The van der Waals surface area contributed by atoms with Crippen LogP contribution < -0.4 is 0 Å². The summed E-state index contributed by atoms with van der Waals surface area (Å²) in [6.45, 7) is 0. The topological polar surface area (TPSA) is 80.3 Å². The Labute approximate surface area is 72.8 Å². The third-order valence-corrected chi connectivity index (χ3v) is 0. The van der Waals surface area contributed by atoms with Gasteiger partial charge in [-0.2, -0.15) is 0 Å². The van der Waals surface area contributed by atoms with Gasteiger partial charge < -0.3 is 9.11 Å². The van der Waals surface area contributed by atoms with E-state index in [1.807, 2.05) is 0 Å². The molecule has 0 amide bonds. The van der Waals surface area contributed by atoms with E-state index < -0.39 is 10.4 Å². The van der Waals surface area contributed by atoms with Crippen LogP contribution in [-0.4, -0.2) is 43.4 Å². The van der Waals surface area contributed by atoms with Gasteiger partial charge in [0.15, 0.2) is 0 Å². The number of hydrogen-bond acceptors (Lipinski definition) is 4. The molecule has 0 heterocycles. The number of hydrogen-bond donors (Lipinski definition) is 0. The van der Waals surface area contributed by atoms with E-state index in [-0.39, 0.29) is 45.3 Å². The van der Waals surface area contributed by atoms with Crippen molar-refractivity contribution in [3.8, 4) is 0 Å². The predicted molar refractivity (Wildman–Crippen MR) is 16.2 cm³/mol. The van der Waals surface area contributed by atoms with E-state index in [1.54, 1.807) is 0 Å². The molecule has 0 aromatic rings. The summed E-state index contributed by atoms with van der Waals surface area (Å²) in [5.41, 5.74) is 0. The summed E-state index contributed by atoms with van der Waals surface area (Å²) in [5, 5.41) is 0. The van der Waals surface area contributed by atoms with Gasteiger partial charge in [-0.25, -0.2) is 0 Å². The third-order valence-electron chi connectivity index (χ3n) is 0. The first-order chi connectivity index (χ1) is 2.00. The Kier molecular flexibility index (Phi) is 12.4. The summed E-state index contributed by atoms with van der Waals surface area (Å²) in [5.74, 6) is 0. The second-order valence-electron chi connectivity index (χ2n) is 0.408. The molecule has 0 aliphatic rings. The molecule has 0 bridgehead atoms. The fraction of sp³-hybridized carbons (Fsp3) is 0. The van der Waals surface area contributed by atoms with E-state index in [4.69, 9.17) is 17.5 Å². The molecule has 0 rings (SSSR count). The van der Waals surface area contributed by atoms with Crippen molar-refractivity contribution >= 4 is 36.2 Å². The fourth-order valence-corrected chi connectivity index (χ4v) is 0. The van der Waals surface area contributed by atoms with Crippen molar-refractivity contribution in [1.29, 1.82) is 0 Å². The van der Waals surface area contributed by atoms with Crippen molar-refractivity contribution in [2.45, 2.75) is 0 Å². The van der Waals surface area contributed by atoms with Crippen LogP contribution in [0.25, 0.3) is 0 Å². The van der Waals surface area contributed by atoms with Gasteiger partial charge in [0.05, 0.1) is 0 Å². The third kappa shape index (κ3) is 114. The van der Waals surface area contributed by atoms with Crippen molar-refractivity contribution in [2.75, 3.05) is 0 Å². The maximum absolute atomic E-state index is 8.52.